The molecule has 1 N–H and O–H groups in total. The third-order valence-corrected chi connectivity index (χ3v) is 9.83. The highest BCUT2D eigenvalue weighted by Gasteiger charge is 2.33. The Morgan fingerprint density at radius 2 is 1.76 bits per heavy atom. The Morgan fingerprint density at radius 1 is 0.978 bits per heavy atom. The van der Waals surface area contributed by atoms with Crippen LogP contribution in [0.2, 0.25) is 0 Å². The number of thioether (sulfide) groups is 1. The van der Waals surface area contributed by atoms with Gasteiger partial charge < -0.3 is 10.1 Å². The lowest BCUT2D eigenvalue weighted by Crippen LogP contribution is -2.28. The van der Waals surface area contributed by atoms with Gasteiger partial charge in [0.1, 0.15) is 5.75 Å². The maximum Gasteiger partial charge on any atom is 0.261 e. The highest BCUT2D eigenvalue weighted by molar-refractivity contribution is 7.99. The van der Waals surface area contributed by atoms with E-state index in [0.717, 1.165) is 45.0 Å². The number of methoxy groups -OCH3 is 1. The minimum Gasteiger partial charge on any atom is -0.497 e. The highest BCUT2D eigenvalue weighted by Crippen LogP contribution is 2.35. The molecular weight excluding hydrogens is 617 g/mol. The molecule has 0 bridgehead atoms. The molecule has 1 atom stereocenters. The maximum absolute atomic E-state index is 13.9. The molecule has 0 spiro atoms. The number of amides is 2. The molecule has 0 aliphatic carbocycles. The van der Waals surface area contributed by atoms with Crippen molar-refractivity contribution in [1.82, 2.24) is 25.1 Å². The number of aromatic nitrogens is 3. The van der Waals surface area contributed by atoms with Gasteiger partial charge in [0.15, 0.2) is 11.0 Å². The molecule has 0 saturated carbocycles. The van der Waals surface area contributed by atoms with E-state index in [-0.39, 0.29) is 30.2 Å². The van der Waals surface area contributed by atoms with E-state index in [1.54, 1.807) is 18.2 Å². The van der Waals surface area contributed by atoms with Gasteiger partial charge in [-0.15, -0.1) is 21.5 Å². The molecule has 2 aromatic heterocycles. The van der Waals surface area contributed by atoms with Gasteiger partial charge in [-0.25, -0.2) is 5.01 Å². The zero-order chi connectivity index (χ0) is 32.2. The number of hydrogen-bond donors (Lipinski definition) is 1. The first-order valence-electron chi connectivity index (χ1n) is 14.9. The summed E-state index contributed by atoms with van der Waals surface area (Å²) >= 11 is 2.69. The van der Waals surface area contributed by atoms with Gasteiger partial charge in [-0.05, 0) is 84.8 Å². The fourth-order valence-electron chi connectivity index (χ4n) is 5.32. The Bertz CT molecular complexity index is 1880. The summed E-state index contributed by atoms with van der Waals surface area (Å²) in [6.07, 6.45) is 0.596. The summed E-state index contributed by atoms with van der Waals surface area (Å²) in [5.74, 6) is 1.14. The van der Waals surface area contributed by atoms with E-state index in [0.29, 0.717) is 22.3 Å². The second-order valence-electron chi connectivity index (χ2n) is 11.0. The smallest absolute Gasteiger partial charge is 0.261 e. The van der Waals surface area contributed by atoms with Gasteiger partial charge in [0.25, 0.3) is 11.8 Å². The molecule has 2 amide bonds. The van der Waals surface area contributed by atoms with Crippen molar-refractivity contribution in [1.29, 1.82) is 0 Å². The van der Waals surface area contributed by atoms with Gasteiger partial charge in [-0.1, -0.05) is 59.8 Å². The van der Waals surface area contributed by atoms with Crippen LogP contribution < -0.4 is 10.1 Å². The third kappa shape index (κ3) is 6.61. The second-order valence-corrected chi connectivity index (χ2v) is 12.9. The average molecular weight is 651 g/mol. The zero-order valence-corrected chi connectivity index (χ0v) is 27.7. The van der Waals surface area contributed by atoms with Crippen LogP contribution in [0.5, 0.6) is 5.75 Å². The maximum atomic E-state index is 13.9. The van der Waals surface area contributed by atoms with E-state index >= 15 is 0 Å². The summed E-state index contributed by atoms with van der Waals surface area (Å²) in [5.41, 5.74) is 7.05. The highest BCUT2D eigenvalue weighted by atomic mass is 32.2. The Kier molecular flexibility index (Phi) is 9.32. The van der Waals surface area contributed by atoms with Crippen LogP contribution in [0.15, 0.2) is 94.5 Å². The minimum absolute atomic E-state index is 0.103. The van der Waals surface area contributed by atoms with Crippen LogP contribution in [0.25, 0.3) is 5.69 Å². The second kappa shape index (κ2) is 13.7. The molecule has 0 unspecified atom stereocenters. The van der Waals surface area contributed by atoms with Crippen LogP contribution in [-0.4, -0.2) is 50.2 Å². The van der Waals surface area contributed by atoms with Gasteiger partial charge >= 0.3 is 0 Å². The number of rotatable bonds is 10. The summed E-state index contributed by atoms with van der Waals surface area (Å²) in [5, 5.41) is 20.8. The Morgan fingerprint density at radius 3 is 2.48 bits per heavy atom. The van der Waals surface area contributed by atoms with Crippen molar-refractivity contribution in [2.75, 3.05) is 12.9 Å². The Balaban J connectivity index is 1.27. The predicted octanol–water partition coefficient (Wildman–Crippen LogP) is 6.66. The average Bonchev–Trinajstić information content (AvgIpc) is 3.85. The third-order valence-electron chi connectivity index (χ3n) is 8.05. The van der Waals surface area contributed by atoms with E-state index in [2.05, 4.69) is 52.8 Å². The van der Waals surface area contributed by atoms with Crippen molar-refractivity contribution in [2.45, 2.75) is 44.9 Å². The minimum atomic E-state index is -0.231. The summed E-state index contributed by atoms with van der Waals surface area (Å²) in [7, 11) is 1.64. The van der Waals surface area contributed by atoms with Gasteiger partial charge in [0.05, 0.1) is 41.7 Å². The molecule has 0 saturated heterocycles. The van der Waals surface area contributed by atoms with Gasteiger partial charge in [-0.3, -0.25) is 14.2 Å². The van der Waals surface area contributed by atoms with Crippen molar-refractivity contribution in [3.63, 3.8) is 0 Å². The van der Waals surface area contributed by atoms with Gasteiger partial charge in [0, 0.05) is 6.42 Å². The lowest BCUT2D eigenvalue weighted by atomic mass is 9.97. The first-order chi connectivity index (χ1) is 22.3. The molecule has 0 fully saturated rings. The number of nitrogens with one attached hydrogen (secondary N) is 1. The summed E-state index contributed by atoms with van der Waals surface area (Å²) in [6, 6.07) is 25.4. The summed E-state index contributed by atoms with van der Waals surface area (Å²) in [4.78, 5) is 27.3. The molecule has 1 aliphatic rings. The molecule has 3 aromatic carbocycles. The van der Waals surface area contributed by atoms with Crippen molar-refractivity contribution in [3.05, 3.63) is 123 Å². The first kappa shape index (κ1) is 31.3. The number of aryl methyl sites for hydroxylation is 2. The predicted molar refractivity (Wildman–Crippen MR) is 182 cm³/mol. The number of hydrogen-bond acceptors (Lipinski definition) is 8. The zero-order valence-electron chi connectivity index (χ0n) is 26.1. The molecule has 5 aromatic rings. The lowest BCUT2D eigenvalue weighted by Gasteiger charge is -2.22. The quantitative estimate of drug-likeness (QED) is 0.170. The standard InChI is InChI=1S/C35H34N6O3S2/c1-22-10-12-26(13-11-22)30-19-28(25-14-16-27(44-4)17-15-25)39-41(30)33(42)21-46-35-38-37-32(20-36-34(43)31-9-6-18-45-31)40(35)29-8-5-7-23(2)24(29)3/h5-18,30H,19-21H2,1-4H3,(H,36,43)/t30-/m1/s1. The fourth-order valence-corrected chi connectivity index (χ4v) is 6.78. The van der Waals surface area contributed by atoms with E-state index < -0.39 is 0 Å². The Labute approximate surface area is 276 Å². The lowest BCUT2D eigenvalue weighted by molar-refractivity contribution is -0.130. The fraction of sp³-hybridized carbons (Fsp3) is 0.229. The number of benzene rings is 3. The van der Waals surface area contributed by atoms with Crippen LogP contribution in [0.1, 0.15) is 55.8 Å². The van der Waals surface area contributed by atoms with Crippen molar-refractivity contribution in [3.8, 4) is 11.4 Å². The van der Waals surface area contributed by atoms with Crippen LogP contribution in [0.3, 0.4) is 0 Å². The molecule has 0 radical (unpaired) electrons. The summed E-state index contributed by atoms with van der Waals surface area (Å²) in [6.45, 7) is 6.33. The number of ether oxygens (including phenoxy) is 1. The number of hydrazone groups is 1. The number of carbonyl (C=O) groups excluding carboxylic acids is 2. The van der Waals surface area contributed by atoms with E-state index in [1.165, 1.54) is 23.1 Å². The monoisotopic (exact) mass is 650 g/mol. The molecule has 46 heavy (non-hydrogen) atoms. The first-order valence-corrected chi connectivity index (χ1v) is 16.7. The van der Waals surface area contributed by atoms with E-state index in [4.69, 9.17) is 9.84 Å². The van der Waals surface area contributed by atoms with E-state index in [1.807, 2.05) is 66.3 Å². The number of thiophene rings is 1. The normalized spacial score (nSPS) is 14.3. The van der Waals surface area contributed by atoms with Gasteiger partial charge in [-0.2, -0.15) is 5.10 Å². The van der Waals surface area contributed by atoms with Crippen LogP contribution >= 0.6 is 23.1 Å². The topological polar surface area (TPSA) is 102 Å². The molecule has 234 valence electrons. The Hall–Kier alpha value is -4.74. The molecule has 3 heterocycles. The molecular formula is C35H34N6O3S2. The molecule has 6 rings (SSSR count). The van der Waals surface area contributed by atoms with Gasteiger partial charge in [0.2, 0.25) is 0 Å². The van der Waals surface area contributed by atoms with Crippen molar-refractivity contribution >= 4 is 40.6 Å². The van der Waals surface area contributed by atoms with Crippen LogP contribution in [0, 0.1) is 20.8 Å². The van der Waals surface area contributed by atoms with Crippen molar-refractivity contribution < 1.29 is 14.3 Å². The van der Waals surface area contributed by atoms with Crippen LogP contribution in [0.4, 0.5) is 0 Å². The number of nitrogens with zero attached hydrogens (tertiary/aromatic N) is 5. The molecule has 9 nitrogen and oxygen atoms in total. The SMILES string of the molecule is COc1ccc(C2=NN(C(=O)CSc3nnc(CNC(=O)c4cccs4)n3-c3cccc(C)c3C)[C@@H](c3ccc(C)cc3)C2)cc1. The molecule has 11 heteroatoms. The number of carbonyl (C=O) groups is 2. The largest absolute Gasteiger partial charge is 0.497 e. The summed E-state index contributed by atoms with van der Waals surface area (Å²) < 4.78 is 7.26. The molecule has 1 aliphatic heterocycles. The van der Waals surface area contributed by atoms with Crippen molar-refractivity contribution in [2.24, 2.45) is 5.10 Å². The van der Waals surface area contributed by atoms with Crippen LogP contribution in [-0.2, 0) is 11.3 Å². The van der Waals surface area contributed by atoms with E-state index in [9.17, 15) is 9.59 Å².